The molecule has 1 aromatic rings. The van der Waals surface area contributed by atoms with Crippen molar-refractivity contribution in [2.75, 3.05) is 0 Å². The van der Waals surface area contributed by atoms with Gasteiger partial charge in [-0.1, -0.05) is 82.4 Å². The van der Waals surface area contributed by atoms with Gasteiger partial charge in [0.15, 0.2) is 0 Å². The standard InChI is InChI=1S/C13H19.C10H9.2BrH.Hf/c1-2-3-6-11-9-10-12-7-4-5-8-13(11)12;1-8-6-7-9-4-2-3-5-10(8)9;;;/h10-11H,2-8H2,1H3;2-5,7-8H,1H3;2*1H;/q2*-1;;;+4/p-2. The second-order valence-electron chi connectivity index (χ2n) is 6.93. The quantitative estimate of drug-likeness (QED) is 0.336. The summed E-state index contributed by atoms with van der Waals surface area (Å²) in [4.78, 5) is 0. The molecule has 3 aliphatic rings. The molecule has 138 valence electrons. The number of unbranched alkanes of at least 4 members (excludes halogenated alkanes) is 1. The van der Waals surface area contributed by atoms with Crippen LogP contribution in [-0.2, 0) is 25.8 Å². The van der Waals surface area contributed by atoms with E-state index in [-0.39, 0.29) is 59.8 Å². The van der Waals surface area contributed by atoms with Crippen molar-refractivity contribution in [1.82, 2.24) is 0 Å². The van der Waals surface area contributed by atoms with Gasteiger partial charge in [-0.15, -0.1) is 11.6 Å². The van der Waals surface area contributed by atoms with Crippen LogP contribution in [0.4, 0.5) is 0 Å². The van der Waals surface area contributed by atoms with Gasteiger partial charge in [-0.3, -0.25) is 12.2 Å². The zero-order valence-corrected chi connectivity index (χ0v) is 22.6. The van der Waals surface area contributed by atoms with E-state index in [1.807, 2.05) is 0 Å². The van der Waals surface area contributed by atoms with Crippen LogP contribution < -0.4 is 34.0 Å². The van der Waals surface area contributed by atoms with Gasteiger partial charge in [0.25, 0.3) is 0 Å². The molecule has 0 N–H and O–H groups in total. The molecule has 2 atom stereocenters. The fourth-order valence-electron chi connectivity index (χ4n) is 3.82. The summed E-state index contributed by atoms with van der Waals surface area (Å²) < 4.78 is 0. The zero-order chi connectivity index (χ0) is 16.1. The maximum atomic E-state index is 3.53. The van der Waals surface area contributed by atoms with Crippen molar-refractivity contribution in [3.05, 3.63) is 64.8 Å². The number of fused-ring (bicyclic) bond motifs is 1. The van der Waals surface area contributed by atoms with E-state index in [2.05, 4.69) is 62.4 Å². The molecule has 26 heavy (non-hydrogen) atoms. The molecule has 0 heterocycles. The predicted octanol–water partition coefficient (Wildman–Crippen LogP) is 0.662. The number of halogens is 2. The van der Waals surface area contributed by atoms with Crippen LogP contribution in [0.5, 0.6) is 0 Å². The maximum absolute atomic E-state index is 3.53. The van der Waals surface area contributed by atoms with Crippen LogP contribution in [0.25, 0.3) is 6.08 Å². The van der Waals surface area contributed by atoms with E-state index >= 15 is 0 Å². The largest absolute Gasteiger partial charge is 4.00 e. The third-order valence-corrected chi connectivity index (χ3v) is 5.23. The molecule has 2 unspecified atom stereocenters. The van der Waals surface area contributed by atoms with Crippen LogP contribution in [-0.4, -0.2) is 0 Å². The minimum atomic E-state index is 0. The SMILES string of the molecule is CC1[C-]=Cc2ccccc21.CCCCC1[C-]=CC2=C1CCCC2.[Br-].[Br-].[Hf+4]. The number of hydrogen-bond acceptors (Lipinski definition) is 0. The monoisotopic (exact) mass is 642 g/mol. The second kappa shape index (κ2) is 13.4. The normalized spacial score (nSPS) is 21.5. The average molecular weight is 643 g/mol. The molecule has 1 aromatic carbocycles. The summed E-state index contributed by atoms with van der Waals surface area (Å²) in [7, 11) is 0. The van der Waals surface area contributed by atoms with E-state index in [1.54, 1.807) is 11.1 Å². The van der Waals surface area contributed by atoms with Crippen LogP contribution in [0.2, 0.25) is 0 Å². The Labute approximate surface area is 199 Å². The van der Waals surface area contributed by atoms with Gasteiger partial charge in [0.1, 0.15) is 0 Å². The summed E-state index contributed by atoms with van der Waals surface area (Å²) in [6.07, 6.45) is 20.7. The Morgan fingerprint density at radius 3 is 2.46 bits per heavy atom. The van der Waals surface area contributed by atoms with Gasteiger partial charge in [-0.2, -0.15) is 16.7 Å². The van der Waals surface area contributed by atoms with Crippen LogP contribution in [0.3, 0.4) is 0 Å². The Hall–Kier alpha value is 0.270. The second-order valence-corrected chi connectivity index (χ2v) is 6.93. The number of rotatable bonds is 3. The van der Waals surface area contributed by atoms with E-state index in [4.69, 9.17) is 0 Å². The Bertz CT molecular complexity index is 631. The van der Waals surface area contributed by atoms with Gasteiger partial charge in [0, 0.05) is 0 Å². The van der Waals surface area contributed by atoms with Crippen LogP contribution >= 0.6 is 0 Å². The molecule has 0 fully saturated rings. The minimum Gasteiger partial charge on any atom is -1.00 e. The average Bonchev–Trinajstić information content (AvgIpc) is 3.18. The van der Waals surface area contributed by atoms with Gasteiger partial charge in [0.05, 0.1) is 0 Å². The van der Waals surface area contributed by atoms with Gasteiger partial charge in [-0.25, -0.2) is 12.2 Å². The van der Waals surface area contributed by atoms with Crippen molar-refractivity contribution in [2.45, 2.75) is 64.7 Å². The summed E-state index contributed by atoms with van der Waals surface area (Å²) in [5, 5.41) is 0. The molecule has 4 rings (SSSR count). The summed E-state index contributed by atoms with van der Waals surface area (Å²) in [5.41, 5.74) is 6.10. The van der Waals surface area contributed by atoms with E-state index in [9.17, 15) is 0 Å². The molecule has 0 bridgehead atoms. The van der Waals surface area contributed by atoms with Crippen molar-refractivity contribution in [3.8, 4) is 0 Å². The molecular formula is C23H28Br2Hf. The molecule has 0 radical (unpaired) electrons. The maximum Gasteiger partial charge on any atom is 4.00 e. The zero-order valence-electron chi connectivity index (χ0n) is 15.8. The molecule has 3 aliphatic carbocycles. The van der Waals surface area contributed by atoms with Crippen molar-refractivity contribution < 1.29 is 59.8 Å². The van der Waals surface area contributed by atoms with Gasteiger partial charge >= 0.3 is 25.8 Å². The molecule has 0 aliphatic heterocycles. The molecule has 0 nitrogen and oxygen atoms in total. The first-order valence-electron chi connectivity index (χ1n) is 9.29. The minimum absolute atomic E-state index is 0. The van der Waals surface area contributed by atoms with Gasteiger partial charge in [-0.05, 0) is 6.42 Å². The third kappa shape index (κ3) is 6.71. The van der Waals surface area contributed by atoms with E-state index in [0.29, 0.717) is 11.8 Å². The Balaban J connectivity index is 0.000000441. The molecule has 0 amide bonds. The Morgan fingerprint density at radius 1 is 1.00 bits per heavy atom. The van der Waals surface area contributed by atoms with Crippen LogP contribution in [0, 0.1) is 18.1 Å². The van der Waals surface area contributed by atoms with Crippen molar-refractivity contribution in [1.29, 1.82) is 0 Å². The van der Waals surface area contributed by atoms with E-state index < -0.39 is 0 Å². The first kappa shape index (κ1) is 26.3. The van der Waals surface area contributed by atoms with Gasteiger partial charge < -0.3 is 34.0 Å². The summed E-state index contributed by atoms with van der Waals surface area (Å²) in [5.74, 6) is 1.20. The summed E-state index contributed by atoms with van der Waals surface area (Å²) in [6.45, 7) is 4.44. The van der Waals surface area contributed by atoms with Crippen LogP contribution in [0.15, 0.2) is 41.5 Å². The van der Waals surface area contributed by atoms with E-state index in [0.717, 1.165) is 0 Å². The first-order valence-corrected chi connectivity index (χ1v) is 9.29. The predicted molar refractivity (Wildman–Crippen MR) is 98.9 cm³/mol. The fourth-order valence-corrected chi connectivity index (χ4v) is 3.82. The van der Waals surface area contributed by atoms with Crippen LogP contribution in [0.1, 0.15) is 75.8 Å². The molecule has 3 heteroatoms. The smallest absolute Gasteiger partial charge is 1.00 e. The molecule has 0 saturated carbocycles. The number of benzene rings is 1. The van der Waals surface area contributed by atoms with Crippen molar-refractivity contribution >= 4 is 6.08 Å². The topological polar surface area (TPSA) is 0 Å². The third-order valence-electron chi connectivity index (χ3n) is 5.23. The van der Waals surface area contributed by atoms with Crippen molar-refractivity contribution in [3.63, 3.8) is 0 Å². The van der Waals surface area contributed by atoms with E-state index in [1.165, 1.54) is 56.1 Å². The fraction of sp³-hybridized carbons (Fsp3) is 0.478. The first-order chi connectivity index (χ1) is 11.3. The molecule has 0 spiro atoms. The Kier molecular flexibility index (Phi) is 13.6. The van der Waals surface area contributed by atoms with Crippen molar-refractivity contribution in [2.24, 2.45) is 5.92 Å². The molecular weight excluding hydrogens is 615 g/mol. The summed E-state index contributed by atoms with van der Waals surface area (Å²) in [6, 6.07) is 8.44. The molecule has 0 saturated heterocycles. The van der Waals surface area contributed by atoms with Gasteiger partial charge in [0.2, 0.25) is 0 Å². The number of allylic oxidation sites excluding steroid dienone is 5. The summed E-state index contributed by atoms with van der Waals surface area (Å²) >= 11 is 0. The Morgan fingerprint density at radius 2 is 1.73 bits per heavy atom. The molecule has 0 aromatic heterocycles. The number of hydrogen-bond donors (Lipinski definition) is 0.